The van der Waals surface area contributed by atoms with Crippen LogP contribution in [0.15, 0.2) is 29.3 Å². The molecule has 22 heavy (non-hydrogen) atoms. The maximum Gasteiger partial charge on any atom is 0.251 e. The first-order valence-corrected chi connectivity index (χ1v) is 7.54. The van der Waals surface area contributed by atoms with E-state index in [9.17, 15) is 4.79 Å². The maximum absolute atomic E-state index is 11.8. The minimum Gasteiger partial charge on any atom is -0.370 e. The van der Waals surface area contributed by atoms with E-state index < -0.39 is 0 Å². The van der Waals surface area contributed by atoms with Gasteiger partial charge in [-0.25, -0.2) is 0 Å². The summed E-state index contributed by atoms with van der Waals surface area (Å²) in [7, 11) is 0. The molecule has 0 aromatic heterocycles. The number of halogens is 2. The second kappa shape index (κ2) is 9.00. The normalized spacial score (nSPS) is 15.6. The van der Waals surface area contributed by atoms with Gasteiger partial charge in [0.05, 0.1) is 6.54 Å². The molecule has 0 bridgehead atoms. The molecular formula is C15H22BrClN4O. The molecule has 0 radical (unpaired) electrons. The first-order chi connectivity index (χ1) is 10.1. The van der Waals surface area contributed by atoms with Crippen LogP contribution >= 0.6 is 28.6 Å². The molecule has 0 saturated heterocycles. The average molecular weight is 390 g/mol. The van der Waals surface area contributed by atoms with Gasteiger partial charge in [0.2, 0.25) is 0 Å². The highest BCUT2D eigenvalue weighted by Gasteiger charge is 2.27. The summed E-state index contributed by atoms with van der Waals surface area (Å²) >= 11 is 5.78. The number of aliphatic imine (C=N–C) groups is 1. The summed E-state index contributed by atoms with van der Waals surface area (Å²) in [5, 5.41) is 6.57. The van der Waals surface area contributed by atoms with Crippen LogP contribution in [0.1, 0.15) is 30.1 Å². The topological polar surface area (TPSA) is 79.5 Å². The molecule has 1 atom stereocenters. The fourth-order valence-corrected chi connectivity index (χ4v) is 2.17. The number of guanidine groups is 1. The molecule has 1 saturated carbocycles. The van der Waals surface area contributed by atoms with E-state index >= 15 is 0 Å². The van der Waals surface area contributed by atoms with Crippen molar-refractivity contribution in [2.24, 2.45) is 16.6 Å². The first kappa shape index (κ1) is 18.8. The fraction of sp³-hybridized carbons (Fsp3) is 0.467. The van der Waals surface area contributed by atoms with Crippen molar-refractivity contribution in [1.29, 1.82) is 0 Å². The Balaban J connectivity index is 0.00000242. The van der Waals surface area contributed by atoms with Gasteiger partial charge in [-0.2, -0.15) is 0 Å². The molecule has 0 aliphatic heterocycles. The smallest absolute Gasteiger partial charge is 0.251 e. The van der Waals surface area contributed by atoms with Crippen molar-refractivity contribution >= 4 is 40.4 Å². The zero-order valence-electron chi connectivity index (χ0n) is 12.5. The molecule has 1 aliphatic carbocycles. The molecular weight excluding hydrogens is 368 g/mol. The number of amides is 1. The van der Waals surface area contributed by atoms with E-state index in [1.54, 1.807) is 24.3 Å². The van der Waals surface area contributed by atoms with Gasteiger partial charge in [-0.05, 0) is 49.9 Å². The number of rotatable bonds is 6. The van der Waals surface area contributed by atoms with E-state index in [0.29, 0.717) is 35.7 Å². The number of nitrogens with one attached hydrogen (secondary N) is 2. The van der Waals surface area contributed by atoms with E-state index in [0.717, 1.165) is 5.92 Å². The molecule has 1 unspecified atom stereocenters. The van der Waals surface area contributed by atoms with E-state index in [2.05, 4.69) is 22.5 Å². The molecule has 1 aromatic carbocycles. The predicted molar refractivity (Wildman–Crippen MR) is 95.9 cm³/mol. The molecule has 1 amide bonds. The van der Waals surface area contributed by atoms with Crippen LogP contribution < -0.4 is 16.4 Å². The highest BCUT2D eigenvalue weighted by Crippen LogP contribution is 2.32. The number of carbonyl (C=O) groups excluding carboxylic acids is 1. The SMILES string of the molecule is Br.CC(NC(N)=NCCNC(=O)c1ccc(Cl)cc1)C1CC1. The first-order valence-electron chi connectivity index (χ1n) is 7.16. The lowest BCUT2D eigenvalue weighted by Crippen LogP contribution is -2.40. The van der Waals surface area contributed by atoms with Crippen molar-refractivity contribution in [2.75, 3.05) is 13.1 Å². The van der Waals surface area contributed by atoms with Gasteiger partial charge in [0, 0.05) is 23.2 Å². The second-order valence-electron chi connectivity index (χ2n) is 5.30. The van der Waals surface area contributed by atoms with Crippen molar-refractivity contribution in [1.82, 2.24) is 10.6 Å². The van der Waals surface area contributed by atoms with Crippen LogP contribution in [0.2, 0.25) is 5.02 Å². The van der Waals surface area contributed by atoms with Crippen molar-refractivity contribution in [2.45, 2.75) is 25.8 Å². The van der Waals surface area contributed by atoms with Gasteiger partial charge in [0.1, 0.15) is 0 Å². The number of benzene rings is 1. The van der Waals surface area contributed by atoms with Crippen LogP contribution in [-0.2, 0) is 0 Å². The largest absolute Gasteiger partial charge is 0.370 e. The number of nitrogens with zero attached hydrogens (tertiary/aromatic N) is 1. The van der Waals surface area contributed by atoms with E-state index in [-0.39, 0.29) is 22.9 Å². The Morgan fingerprint density at radius 3 is 2.64 bits per heavy atom. The van der Waals surface area contributed by atoms with Gasteiger partial charge in [-0.15, -0.1) is 17.0 Å². The Bertz CT molecular complexity index is 517. The van der Waals surface area contributed by atoms with Crippen LogP contribution in [0, 0.1) is 5.92 Å². The molecule has 4 N–H and O–H groups in total. The summed E-state index contributed by atoms with van der Waals surface area (Å²) < 4.78 is 0. The van der Waals surface area contributed by atoms with Crippen LogP contribution in [0.5, 0.6) is 0 Å². The van der Waals surface area contributed by atoms with Crippen molar-refractivity contribution < 1.29 is 4.79 Å². The monoisotopic (exact) mass is 388 g/mol. The summed E-state index contributed by atoms with van der Waals surface area (Å²) in [5.74, 6) is 1.03. The summed E-state index contributed by atoms with van der Waals surface area (Å²) in [5.41, 5.74) is 6.38. The predicted octanol–water partition coefficient (Wildman–Crippen LogP) is 2.35. The van der Waals surface area contributed by atoms with E-state index in [1.165, 1.54) is 12.8 Å². The minimum atomic E-state index is -0.139. The Hall–Kier alpha value is -1.27. The van der Waals surface area contributed by atoms with Crippen LogP contribution in [-0.4, -0.2) is 31.0 Å². The standard InChI is InChI=1S/C15H21ClN4O.BrH/c1-10(11-2-3-11)20-15(17)19-9-8-18-14(21)12-4-6-13(16)7-5-12;/h4-7,10-11H,2-3,8-9H2,1H3,(H,18,21)(H3,17,19,20);1H. The average Bonchev–Trinajstić information content (AvgIpc) is 3.28. The lowest BCUT2D eigenvalue weighted by molar-refractivity contribution is 0.0955. The molecule has 2 rings (SSSR count). The fourth-order valence-electron chi connectivity index (χ4n) is 2.04. The summed E-state index contributed by atoms with van der Waals surface area (Å²) in [6, 6.07) is 7.13. The molecule has 1 aromatic rings. The lowest BCUT2D eigenvalue weighted by Gasteiger charge is -2.13. The van der Waals surface area contributed by atoms with E-state index in [1.807, 2.05) is 0 Å². The van der Waals surface area contributed by atoms with Crippen LogP contribution in [0.3, 0.4) is 0 Å². The Morgan fingerprint density at radius 2 is 2.05 bits per heavy atom. The molecule has 1 aliphatic rings. The molecule has 122 valence electrons. The summed E-state index contributed by atoms with van der Waals surface area (Å²) in [6.45, 7) is 3.01. The number of nitrogens with two attached hydrogens (primary N) is 1. The van der Waals surface area contributed by atoms with Gasteiger partial charge in [-0.1, -0.05) is 11.6 Å². The zero-order chi connectivity index (χ0) is 15.2. The quantitative estimate of drug-likeness (QED) is 0.397. The molecule has 0 heterocycles. The molecule has 0 spiro atoms. The third-order valence-electron chi connectivity index (χ3n) is 3.49. The van der Waals surface area contributed by atoms with Gasteiger partial charge in [-0.3, -0.25) is 9.79 Å². The third-order valence-corrected chi connectivity index (χ3v) is 3.74. The van der Waals surface area contributed by atoms with Gasteiger partial charge in [0.15, 0.2) is 5.96 Å². The molecule has 5 nitrogen and oxygen atoms in total. The highest BCUT2D eigenvalue weighted by atomic mass is 79.9. The van der Waals surface area contributed by atoms with Crippen LogP contribution in [0.4, 0.5) is 0 Å². The second-order valence-corrected chi connectivity index (χ2v) is 5.74. The van der Waals surface area contributed by atoms with Crippen LogP contribution in [0.25, 0.3) is 0 Å². The molecule has 7 heteroatoms. The summed E-state index contributed by atoms with van der Waals surface area (Å²) in [4.78, 5) is 16.0. The maximum atomic E-state index is 11.8. The number of carbonyl (C=O) groups is 1. The summed E-state index contributed by atoms with van der Waals surface area (Å²) in [6.07, 6.45) is 2.52. The lowest BCUT2D eigenvalue weighted by atomic mass is 10.2. The number of hydrogen-bond donors (Lipinski definition) is 3. The Morgan fingerprint density at radius 1 is 1.41 bits per heavy atom. The zero-order valence-corrected chi connectivity index (χ0v) is 15.0. The molecule has 1 fully saturated rings. The highest BCUT2D eigenvalue weighted by molar-refractivity contribution is 8.93. The Labute approximate surface area is 146 Å². The van der Waals surface area contributed by atoms with E-state index in [4.69, 9.17) is 17.3 Å². The van der Waals surface area contributed by atoms with Crippen molar-refractivity contribution in [3.8, 4) is 0 Å². The third kappa shape index (κ3) is 6.23. The van der Waals surface area contributed by atoms with Gasteiger partial charge >= 0.3 is 0 Å². The number of hydrogen-bond acceptors (Lipinski definition) is 2. The van der Waals surface area contributed by atoms with Crippen molar-refractivity contribution in [3.63, 3.8) is 0 Å². The minimum absolute atomic E-state index is 0. The van der Waals surface area contributed by atoms with Crippen molar-refractivity contribution in [3.05, 3.63) is 34.9 Å². The Kier molecular flexibility index (Phi) is 7.68. The van der Waals surface area contributed by atoms with Gasteiger partial charge in [0.25, 0.3) is 5.91 Å². The van der Waals surface area contributed by atoms with Gasteiger partial charge < -0.3 is 16.4 Å².